The summed E-state index contributed by atoms with van der Waals surface area (Å²) in [6, 6.07) is 5.99. The minimum Gasteiger partial charge on any atom is -0.345 e. The number of fused-ring (bicyclic) bond motifs is 1. The van der Waals surface area contributed by atoms with Gasteiger partial charge in [0.15, 0.2) is 0 Å². The monoisotopic (exact) mass is 608 g/mol. The van der Waals surface area contributed by atoms with Gasteiger partial charge in [0.1, 0.15) is 12.3 Å². The van der Waals surface area contributed by atoms with Crippen LogP contribution >= 0.6 is 0 Å². The third-order valence-corrected chi connectivity index (χ3v) is 8.68. The van der Waals surface area contributed by atoms with Crippen molar-refractivity contribution in [1.29, 1.82) is 0 Å². The Kier molecular flexibility index (Phi) is 12.3. The van der Waals surface area contributed by atoms with Crippen LogP contribution in [0.25, 0.3) is 10.9 Å². The molecule has 1 aliphatic heterocycles. The van der Waals surface area contributed by atoms with Gasteiger partial charge in [-0.3, -0.25) is 23.7 Å². The number of rotatable bonds is 13. The fourth-order valence-electron chi connectivity index (χ4n) is 6.50. The smallest absolute Gasteiger partial charge is 0.243 e. The Morgan fingerprint density at radius 1 is 1.02 bits per heavy atom. The van der Waals surface area contributed by atoms with Crippen molar-refractivity contribution in [3.8, 4) is 0 Å². The molecule has 3 amide bonds. The molecule has 1 aromatic heterocycles. The molecule has 0 radical (unpaired) electrons. The van der Waals surface area contributed by atoms with E-state index in [1.54, 1.807) is 10.8 Å². The lowest BCUT2D eigenvalue weighted by molar-refractivity contribution is -0.142. The number of hydrogen-bond acceptors (Lipinski definition) is 5. The molecule has 9 nitrogen and oxygen atoms in total. The van der Waals surface area contributed by atoms with Crippen LogP contribution in [0.4, 0.5) is 0 Å². The lowest BCUT2D eigenvalue weighted by Crippen LogP contribution is -2.53. The van der Waals surface area contributed by atoms with Crippen molar-refractivity contribution in [2.75, 3.05) is 0 Å². The molecule has 1 fully saturated rings. The van der Waals surface area contributed by atoms with Gasteiger partial charge in [-0.25, -0.2) is 0 Å². The highest BCUT2D eigenvalue weighted by Gasteiger charge is 2.35. The standard InChI is InChI=1S/C35H52N4O5/c1-8-9-15-28(22-40)36-34(44)30(18-27-21-38(25(4)41)31-17-11-10-16-29(27)31)37-33(43)26(20-35(5,6)7)19-32(42)39-23(2)13-12-14-24(39)3/h10-11,16-17,21-24,26,28,30H,8-9,12-15,18-20H2,1-7H3,(H,36,44)(H,37,43)/t23-,24+,26-,28+,30+/m0/s1. The van der Waals surface area contributed by atoms with Crippen LogP contribution in [-0.4, -0.2) is 63.5 Å². The third-order valence-electron chi connectivity index (χ3n) is 8.68. The number of aromatic nitrogens is 1. The summed E-state index contributed by atoms with van der Waals surface area (Å²) in [4.78, 5) is 67.5. The first-order valence-corrected chi connectivity index (χ1v) is 16.2. The third kappa shape index (κ3) is 9.26. The number of nitrogens with zero attached hydrogens (tertiary/aromatic N) is 2. The van der Waals surface area contributed by atoms with Crippen molar-refractivity contribution in [1.82, 2.24) is 20.1 Å². The van der Waals surface area contributed by atoms with Crippen LogP contribution in [0.1, 0.15) is 110 Å². The largest absolute Gasteiger partial charge is 0.345 e. The Morgan fingerprint density at radius 2 is 1.68 bits per heavy atom. The van der Waals surface area contributed by atoms with E-state index < -0.39 is 23.9 Å². The molecule has 0 unspecified atom stereocenters. The Morgan fingerprint density at radius 3 is 2.27 bits per heavy atom. The van der Waals surface area contributed by atoms with Crippen molar-refractivity contribution < 1.29 is 24.0 Å². The van der Waals surface area contributed by atoms with Crippen LogP contribution in [0.5, 0.6) is 0 Å². The highest BCUT2D eigenvalue weighted by atomic mass is 16.2. The van der Waals surface area contributed by atoms with E-state index in [0.717, 1.165) is 54.9 Å². The molecule has 5 atom stereocenters. The van der Waals surface area contributed by atoms with Crippen molar-refractivity contribution in [3.63, 3.8) is 0 Å². The van der Waals surface area contributed by atoms with E-state index in [1.807, 2.05) is 56.9 Å². The van der Waals surface area contributed by atoms with E-state index in [4.69, 9.17) is 0 Å². The zero-order valence-electron chi connectivity index (χ0n) is 27.7. The molecule has 0 spiro atoms. The summed E-state index contributed by atoms with van der Waals surface area (Å²) in [7, 11) is 0. The Labute approximate surface area is 262 Å². The molecular formula is C35H52N4O5. The number of amides is 3. The van der Waals surface area contributed by atoms with Crippen LogP contribution in [0.15, 0.2) is 30.5 Å². The zero-order chi connectivity index (χ0) is 32.6. The minimum atomic E-state index is -1.01. The Bertz CT molecular complexity index is 1320. The topological polar surface area (TPSA) is 118 Å². The summed E-state index contributed by atoms with van der Waals surface area (Å²) in [5, 5.41) is 6.61. The Hall–Kier alpha value is -3.49. The summed E-state index contributed by atoms with van der Waals surface area (Å²) in [5.74, 6) is -1.68. The second-order valence-electron chi connectivity index (χ2n) is 13.8. The van der Waals surface area contributed by atoms with Gasteiger partial charge in [0.2, 0.25) is 23.6 Å². The first kappa shape index (κ1) is 35.0. The van der Waals surface area contributed by atoms with Crippen molar-refractivity contribution in [3.05, 3.63) is 36.0 Å². The van der Waals surface area contributed by atoms with E-state index in [9.17, 15) is 24.0 Å². The zero-order valence-corrected chi connectivity index (χ0v) is 27.7. The van der Waals surface area contributed by atoms with Crippen LogP contribution in [-0.2, 0) is 25.6 Å². The van der Waals surface area contributed by atoms with Gasteiger partial charge in [-0.1, -0.05) is 58.7 Å². The molecule has 1 saturated heterocycles. The predicted octanol–water partition coefficient (Wildman–Crippen LogP) is 5.43. The van der Waals surface area contributed by atoms with Crippen LogP contribution < -0.4 is 10.6 Å². The summed E-state index contributed by atoms with van der Waals surface area (Å²) in [6.07, 6.45) is 8.20. The molecule has 0 bridgehead atoms. The first-order valence-electron chi connectivity index (χ1n) is 16.2. The lowest BCUT2D eigenvalue weighted by atomic mass is 9.82. The van der Waals surface area contributed by atoms with Crippen molar-refractivity contribution in [2.24, 2.45) is 11.3 Å². The maximum absolute atomic E-state index is 14.0. The van der Waals surface area contributed by atoms with Gasteiger partial charge in [0.05, 0.1) is 11.6 Å². The molecule has 242 valence electrons. The second kappa shape index (κ2) is 15.5. The fourth-order valence-corrected chi connectivity index (χ4v) is 6.50. The fraction of sp³-hybridized carbons (Fsp3) is 0.629. The molecule has 2 N–H and O–H groups in total. The van der Waals surface area contributed by atoms with Crippen LogP contribution in [0.2, 0.25) is 0 Å². The number of aldehydes is 1. The minimum absolute atomic E-state index is 0.0415. The number of carbonyl (C=O) groups excluding carboxylic acids is 5. The van der Waals surface area contributed by atoms with Gasteiger partial charge in [-0.05, 0) is 63.0 Å². The van der Waals surface area contributed by atoms with Gasteiger partial charge < -0.3 is 20.3 Å². The molecule has 0 aliphatic carbocycles. The van der Waals surface area contributed by atoms with E-state index in [0.29, 0.717) is 12.8 Å². The van der Waals surface area contributed by atoms with Crippen molar-refractivity contribution >= 4 is 40.8 Å². The quantitative estimate of drug-likeness (QED) is 0.294. The maximum Gasteiger partial charge on any atom is 0.243 e. The Balaban J connectivity index is 1.93. The highest BCUT2D eigenvalue weighted by molar-refractivity contribution is 5.95. The van der Waals surface area contributed by atoms with Gasteiger partial charge >= 0.3 is 0 Å². The van der Waals surface area contributed by atoms with Crippen molar-refractivity contribution in [2.45, 2.75) is 130 Å². The number of likely N-dealkylation sites (tertiary alicyclic amines) is 1. The summed E-state index contributed by atoms with van der Waals surface area (Å²) < 4.78 is 1.54. The van der Waals surface area contributed by atoms with E-state index >= 15 is 0 Å². The first-order chi connectivity index (χ1) is 20.7. The maximum atomic E-state index is 14.0. The normalized spacial score (nSPS) is 19.2. The lowest BCUT2D eigenvalue weighted by Gasteiger charge is -2.40. The molecule has 0 saturated carbocycles. The van der Waals surface area contributed by atoms with E-state index in [1.165, 1.54) is 6.92 Å². The molecule has 2 heterocycles. The molecule has 9 heteroatoms. The number of unbranched alkanes of at least 4 members (excludes halogenated alkanes) is 1. The number of hydrogen-bond donors (Lipinski definition) is 2. The van der Waals surface area contributed by atoms with E-state index in [-0.39, 0.29) is 48.1 Å². The number of carbonyl (C=O) groups is 5. The average Bonchev–Trinajstić information content (AvgIpc) is 3.32. The molecule has 3 rings (SSSR count). The molecule has 2 aromatic rings. The molecule has 1 aliphatic rings. The summed E-state index contributed by atoms with van der Waals surface area (Å²) in [5.41, 5.74) is 1.21. The number of benzene rings is 1. The van der Waals surface area contributed by atoms with Crippen LogP contribution in [0.3, 0.4) is 0 Å². The number of para-hydroxylation sites is 1. The predicted molar refractivity (Wildman–Crippen MR) is 173 cm³/mol. The van der Waals surface area contributed by atoms with E-state index in [2.05, 4.69) is 24.5 Å². The number of piperidine rings is 1. The average molecular weight is 609 g/mol. The van der Waals surface area contributed by atoms with Gasteiger partial charge in [-0.15, -0.1) is 0 Å². The SMILES string of the molecule is CCCC[C@H](C=O)NC(=O)[C@@H](Cc1cn(C(C)=O)c2ccccc12)NC(=O)[C@@H](CC(=O)N1[C@H](C)CCC[C@@H]1C)CC(C)(C)C. The second-order valence-corrected chi connectivity index (χ2v) is 13.8. The van der Waals surface area contributed by atoms with Gasteiger partial charge in [0.25, 0.3) is 0 Å². The van der Waals surface area contributed by atoms with Crippen LogP contribution in [0, 0.1) is 11.3 Å². The number of nitrogens with one attached hydrogen (secondary N) is 2. The molecule has 44 heavy (non-hydrogen) atoms. The van der Waals surface area contributed by atoms with Gasteiger partial charge in [-0.2, -0.15) is 0 Å². The molecular weight excluding hydrogens is 556 g/mol. The molecule has 1 aromatic carbocycles. The van der Waals surface area contributed by atoms with Gasteiger partial charge in [0, 0.05) is 49.4 Å². The summed E-state index contributed by atoms with van der Waals surface area (Å²) in [6.45, 7) is 13.7. The summed E-state index contributed by atoms with van der Waals surface area (Å²) >= 11 is 0. The highest BCUT2D eigenvalue weighted by Crippen LogP contribution is 2.30.